The second-order valence-corrected chi connectivity index (χ2v) is 2.50. The van der Waals surface area contributed by atoms with Gasteiger partial charge in [0.25, 0.3) is 0 Å². The summed E-state index contributed by atoms with van der Waals surface area (Å²) in [4.78, 5) is 21.8. The fraction of sp³-hybridized carbons (Fsp3) is 0. The van der Waals surface area contributed by atoms with Crippen LogP contribution < -0.4 is 10.9 Å². The molecule has 1 aromatic carbocycles. The van der Waals surface area contributed by atoms with Crippen molar-refractivity contribution in [1.82, 2.24) is 0 Å². The molecule has 0 bridgehead atoms. The summed E-state index contributed by atoms with van der Waals surface area (Å²) in [6.07, 6.45) is 1.38. The van der Waals surface area contributed by atoms with Crippen molar-refractivity contribution in [2.45, 2.75) is 0 Å². The van der Waals surface area contributed by atoms with E-state index in [2.05, 4.69) is 0 Å². The number of hydrogen-bond donors (Lipinski definition) is 0. The van der Waals surface area contributed by atoms with E-state index in [1.54, 1.807) is 12.1 Å². The molecule has 0 fully saturated rings. The van der Waals surface area contributed by atoms with Crippen molar-refractivity contribution in [3.8, 4) is 17.4 Å². The summed E-state index contributed by atoms with van der Waals surface area (Å²) in [5, 5.41) is 8.52. The topological polar surface area (TPSA) is 71.1 Å². The summed E-state index contributed by atoms with van der Waals surface area (Å²) in [5.41, 5.74) is -1.39. The molecule has 2 rings (SSSR count). The van der Waals surface area contributed by atoms with Gasteiger partial charge in [-0.05, 0) is 12.1 Å². The van der Waals surface area contributed by atoms with Crippen LogP contribution in [0, 0.1) is 11.3 Å². The molecular formula is C9H3NO3. The SMILES string of the molecule is N#Cc1c(-c2ccco2)c(=O)c1=O. The van der Waals surface area contributed by atoms with Crippen LogP contribution in [0.15, 0.2) is 32.4 Å². The van der Waals surface area contributed by atoms with Gasteiger partial charge >= 0.3 is 0 Å². The smallest absolute Gasteiger partial charge is 0.245 e. The van der Waals surface area contributed by atoms with Crippen LogP contribution in [0.2, 0.25) is 0 Å². The first-order chi connectivity index (χ1) is 6.25. The molecule has 0 saturated heterocycles. The first kappa shape index (κ1) is 7.50. The van der Waals surface area contributed by atoms with E-state index in [0.717, 1.165) is 0 Å². The van der Waals surface area contributed by atoms with Gasteiger partial charge in [-0.3, -0.25) is 9.59 Å². The monoisotopic (exact) mass is 173 g/mol. The highest BCUT2D eigenvalue weighted by atomic mass is 16.3. The van der Waals surface area contributed by atoms with Crippen LogP contribution in [0.1, 0.15) is 5.56 Å². The minimum atomic E-state index is -0.728. The molecule has 2 aromatic rings. The lowest BCUT2D eigenvalue weighted by molar-refractivity contribution is 0.581. The van der Waals surface area contributed by atoms with E-state index in [9.17, 15) is 9.59 Å². The van der Waals surface area contributed by atoms with Crippen molar-refractivity contribution >= 4 is 0 Å². The molecule has 0 radical (unpaired) electrons. The van der Waals surface area contributed by atoms with Gasteiger partial charge in [0, 0.05) is 0 Å². The number of furan rings is 1. The summed E-state index contributed by atoms with van der Waals surface area (Å²) in [6.45, 7) is 0. The standard InChI is InChI=1S/C9H3NO3/c10-4-5-7(9(12)8(5)11)6-2-1-3-13-6/h1-3H. The van der Waals surface area contributed by atoms with Crippen LogP contribution in [-0.4, -0.2) is 0 Å². The van der Waals surface area contributed by atoms with Crippen molar-refractivity contribution in [3.05, 3.63) is 44.4 Å². The van der Waals surface area contributed by atoms with Gasteiger partial charge in [-0.25, -0.2) is 0 Å². The van der Waals surface area contributed by atoms with Crippen LogP contribution >= 0.6 is 0 Å². The van der Waals surface area contributed by atoms with Crippen molar-refractivity contribution in [3.63, 3.8) is 0 Å². The molecule has 0 atom stereocenters. The van der Waals surface area contributed by atoms with Crippen LogP contribution in [0.3, 0.4) is 0 Å². The Balaban J connectivity index is 2.70. The molecule has 1 aromatic heterocycles. The Labute approximate surface area is 72.3 Å². The molecule has 0 amide bonds. The maximum absolute atomic E-state index is 11.0. The Kier molecular flexibility index (Phi) is 1.40. The number of nitriles is 1. The van der Waals surface area contributed by atoms with Gasteiger partial charge in [-0.2, -0.15) is 5.26 Å². The molecule has 13 heavy (non-hydrogen) atoms. The van der Waals surface area contributed by atoms with E-state index in [0.29, 0.717) is 0 Å². The Morgan fingerprint density at radius 2 is 2.08 bits per heavy atom. The Hall–Kier alpha value is -2.15. The third-order valence-electron chi connectivity index (χ3n) is 1.79. The van der Waals surface area contributed by atoms with Gasteiger partial charge in [-0.1, -0.05) is 0 Å². The molecule has 4 heteroatoms. The highest BCUT2D eigenvalue weighted by molar-refractivity contribution is 5.69. The van der Waals surface area contributed by atoms with Gasteiger partial charge in [-0.15, -0.1) is 0 Å². The first-order valence-electron chi connectivity index (χ1n) is 3.53. The van der Waals surface area contributed by atoms with Gasteiger partial charge in [0.1, 0.15) is 17.4 Å². The average molecular weight is 173 g/mol. The van der Waals surface area contributed by atoms with Gasteiger partial charge in [0.05, 0.1) is 11.8 Å². The Morgan fingerprint density at radius 1 is 1.31 bits per heavy atom. The van der Waals surface area contributed by atoms with Crippen molar-refractivity contribution in [2.24, 2.45) is 0 Å². The molecule has 0 spiro atoms. The molecular weight excluding hydrogens is 170 g/mol. The molecule has 4 nitrogen and oxygen atoms in total. The van der Waals surface area contributed by atoms with Crippen molar-refractivity contribution < 1.29 is 4.42 Å². The largest absolute Gasteiger partial charge is 0.464 e. The van der Waals surface area contributed by atoms with E-state index < -0.39 is 10.9 Å². The molecule has 62 valence electrons. The zero-order valence-corrected chi connectivity index (χ0v) is 6.40. The van der Waals surface area contributed by atoms with Crippen molar-refractivity contribution in [1.29, 1.82) is 5.26 Å². The average Bonchev–Trinajstić information content (AvgIpc) is 2.64. The molecule has 1 heterocycles. The van der Waals surface area contributed by atoms with Crippen molar-refractivity contribution in [2.75, 3.05) is 0 Å². The Bertz CT molecular complexity index is 550. The zero-order valence-electron chi connectivity index (χ0n) is 6.40. The predicted octanol–water partition coefficient (Wildman–Crippen LogP) is 0.414. The maximum Gasteiger partial charge on any atom is 0.245 e. The van der Waals surface area contributed by atoms with E-state index in [1.165, 1.54) is 12.3 Å². The van der Waals surface area contributed by atoms with Gasteiger partial charge in [0.2, 0.25) is 10.9 Å². The van der Waals surface area contributed by atoms with E-state index in [4.69, 9.17) is 9.68 Å². The predicted molar refractivity (Wildman–Crippen MR) is 43.8 cm³/mol. The quantitative estimate of drug-likeness (QED) is 0.585. The molecule has 0 unspecified atom stereocenters. The second kappa shape index (κ2) is 2.42. The van der Waals surface area contributed by atoms with Crippen LogP contribution in [0.5, 0.6) is 0 Å². The van der Waals surface area contributed by atoms with E-state index in [1.807, 2.05) is 0 Å². The van der Waals surface area contributed by atoms with Gasteiger partial charge in [0.15, 0.2) is 0 Å². The van der Waals surface area contributed by atoms with E-state index >= 15 is 0 Å². The fourth-order valence-corrected chi connectivity index (χ4v) is 1.15. The summed E-state index contributed by atoms with van der Waals surface area (Å²) in [5.74, 6) is 0.279. The second-order valence-electron chi connectivity index (χ2n) is 2.50. The molecule has 0 aliphatic rings. The van der Waals surface area contributed by atoms with E-state index in [-0.39, 0.29) is 16.9 Å². The normalized spacial score (nSPS) is 10.1. The zero-order chi connectivity index (χ0) is 9.42. The lowest BCUT2D eigenvalue weighted by Crippen LogP contribution is -2.35. The van der Waals surface area contributed by atoms with Crippen LogP contribution in [-0.2, 0) is 0 Å². The van der Waals surface area contributed by atoms with Crippen LogP contribution in [0.4, 0.5) is 0 Å². The molecule has 0 saturated carbocycles. The third kappa shape index (κ3) is 0.842. The molecule has 0 aliphatic heterocycles. The molecule has 0 aliphatic carbocycles. The minimum Gasteiger partial charge on any atom is -0.464 e. The number of rotatable bonds is 1. The Morgan fingerprint density at radius 3 is 2.62 bits per heavy atom. The fourth-order valence-electron chi connectivity index (χ4n) is 1.15. The lowest BCUT2D eigenvalue weighted by Gasteiger charge is -1.99. The summed E-state index contributed by atoms with van der Waals surface area (Å²) < 4.78 is 4.91. The number of nitrogens with zero attached hydrogens (tertiary/aromatic N) is 1. The molecule has 0 N–H and O–H groups in total. The lowest BCUT2D eigenvalue weighted by atomic mass is 10.0. The summed E-state index contributed by atoms with van der Waals surface area (Å²) in [6, 6.07) is 4.80. The minimum absolute atomic E-state index is 0.0949. The number of hydrogen-bond acceptors (Lipinski definition) is 4. The summed E-state index contributed by atoms with van der Waals surface area (Å²) >= 11 is 0. The highest BCUT2D eigenvalue weighted by Gasteiger charge is 2.23. The van der Waals surface area contributed by atoms with Gasteiger partial charge < -0.3 is 4.42 Å². The van der Waals surface area contributed by atoms with Crippen LogP contribution in [0.25, 0.3) is 11.3 Å². The third-order valence-corrected chi connectivity index (χ3v) is 1.79. The summed E-state index contributed by atoms with van der Waals surface area (Å²) in [7, 11) is 0. The maximum atomic E-state index is 11.0. The first-order valence-corrected chi connectivity index (χ1v) is 3.53. The highest BCUT2D eigenvalue weighted by Crippen LogP contribution is 2.18.